The lowest BCUT2D eigenvalue weighted by Gasteiger charge is -2.10. The van der Waals surface area contributed by atoms with Crippen molar-refractivity contribution in [1.82, 2.24) is 0 Å². The minimum Gasteiger partial charge on any atom is -0.466 e. The summed E-state index contributed by atoms with van der Waals surface area (Å²) in [5.74, 6) is -0.161. The number of hydrogen-bond acceptors (Lipinski definition) is 2. The zero-order valence-corrected chi connectivity index (χ0v) is 13.0. The Labute approximate surface area is 119 Å². The fraction of sp³-hybridized carbons (Fsp3) is 0.462. The van der Waals surface area contributed by atoms with Gasteiger partial charge in [-0.3, -0.25) is 4.79 Å². The molecule has 0 spiro atoms. The van der Waals surface area contributed by atoms with Crippen LogP contribution in [0.5, 0.6) is 0 Å². The first-order valence-corrected chi connectivity index (χ1v) is 7.58. The minimum atomic E-state index is -0.161. The van der Waals surface area contributed by atoms with Crippen molar-refractivity contribution in [3.63, 3.8) is 0 Å². The van der Waals surface area contributed by atoms with E-state index in [0.29, 0.717) is 13.0 Å². The van der Waals surface area contributed by atoms with Gasteiger partial charge in [0, 0.05) is 9.80 Å². The molecule has 0 saturated carbocycles. The second-order valence-electron chi connectivity index (χ2n) is 3.65. The number of esters is 1. The van der Waals surface area contributed by atoms with E-state index >= 15 is 0 Å². The zero-order chi connectivity index (χ0) is 12.7. The van der Waals surface area contributed by atoms with Gasteiger partial charge in [0.25, 0.3) is 0 Å². The molecule has 0 aliphatic rings. The summed E-state index contributed by atoms with van der Waals surface area (Å²) in [5, 5.41) is 0.965. The summed E-state index contributed by atoms with van der Waals surface area (Å²) in [6.45, 7) is 2.26. The Bertz CT molecular complexity index is 378. The van der Waals surface area contributed by atoms with E-state index in [4.69, 9.17) is 4.74 Å². The molecule has 0 heterocycles. The van der Waals surface area contributed by atoms with Gasteiger partial charge < -0.3 is 4.74 Å². The SMILES string of the molecule is CCOC(=O)Cc1cccc(Br)c1CCCBr. The molecule has 1 aromatic carbocycles. The summed E-state index contributed by atoms with van der Waals surface area (Å²) in [4.78, 5) is 11.5. The van der Waals surface area contributed by atoms with Crippen molar-refractivity contribution in [3.05, 3.63) is 33.8 Å². The Balaban J connectivity index is 2.82. The summed E-state index contributed by atoms with van der Waals surface area (Å²) in [7, 11) is 0. The second kappa shape index (κ2) is 7.88. The predicted octanol–water partition coefficient (Wildman–Crippen LogP) is 3.88. The van der Waals surface area contributed by atoms with Crippen LogP contribution in [0.3, 0.4) is 0 Å². The maximum absolute atomic E-state index is 11.5. The molecule has 4 heteroatoms. The van der Waals surface area contributed by atoms with Crippen LogP contribution in [0.4, 0.5) is 0 Å². The summed E-state index contributed by atoms with van der Waals surface area (Å²) >= 11 is 6.96. The summed E-state index contributed by atoms with van der Waals surface area (Å²) in [6.07, 6.45) is 2.37. The van der Waals surface area contributed by atoms with Gasteiger partial charge >= 0.3 is 5.97 Å². The lowest BCUT2D eigenvalue weighted by molar-refractivity contribution is -0.142. The van der Waals surface area contributed by atoms with E-state index in [1.54, 1.807) is 0 Å². The third-order valence-corrected chi connectivity index (χ3v) is 3.72. The maximum atomic E-state index is 11.5. The third-order valence-electron chi connectivity index (χ3n) is 2.42. The van der Waals surface area contributed by atoms with Crippen molar-refractivity contribution >= 4 is 37.8 Å². The highest BCUT2D eigenvalue weighted by Gasteiger charge is 2.10. The third kappa shape index (κ3) is 4.80. The molecule has 1 rings (SSSR count). The van der Waals surface area contributed by atoms with E-state index in [0.717, 1.165) is 28.2 Å². The standard InChI is InChI=1S/C13H16Br2O2/c1-2-17-13(16)9-10-5-3-7-12(15)11(10)6-4-8-14/h3,5,7H,2,4,6,8-9H2,1H3. The van der Waals surface area contributed by atoms with Gasteiger partial charge in [-0.15, -0.1) is 0 Å². The van der Waals surface area contributed by atoms with Gasteiger partial charge in [-0.05, 0) is 37.0 Å². The van der Waals surface area contributed by atoms with Crippen LogP contribution in [0.1, 0.15) is 24.5 Å². The van der Waals surface area contributed by atoms with Gasteiger partial charge in [0.05, 0.1) is 13.0 Å². The van der Waals surface area contributed by atoms with E-state index in [1.165, 1.54) is 5.56 Å². The monoisotopic (exact) mass is 362 g/mol. The molecule has 0 aliphatic carbocycles. The first-order valence-electron chi connectivity index (χ1n) is 5.66. The summed E-state index contributed by atoms with van der Waals surface area (Å²) in [5.41, 5.74) is 2.26. The number of carbonyl (C=O) groups is 1. The largest absolute Gasteiger partial charge is 0.466 e. The van der Waals surface area contributed by atoms with E-state index in [2.05, 4.69) is 31.9 Å². The van der Waals surface area contributed by atoms with Gasteiger partial charge in [-0.2, -0.15) is 0 Å². The van der Waals surface area contributed by atoms with Crippen molar-refractivity contribution in [2.45, 2.75) is 26.2 Å². The molecule has 94 valence electrons. The quantitative estimate of drug-likeness (QED) is 0.566. The smallest absolute Gasteiger partial charge is 0.310 e. The molecule has 0 unspecified atom stereocenters. The number of alkyl halides is 1. The minimum absolute atomic E-state index is 0.161. The molecule has 0 N–H and O–H groups in total. The van der Waals surface area contributed by atoms with Crippen LogP contribution in [-0.2, 0) is 22.4 Å². The first-order chi connectivity index (χ1) is 8.19. The van der Waals surface area contributed by atoms with Crippen molar-refractivity contribution in [1.29, 1.82) is 0 Å². The highest BCUT2D eigenvalue weighted by atomic mass is 79.9. The Hall–Kier alpha value is -0.350. The number of ether oxygens (including phenoxy) is 1. The molecule has 0 bridgehead atoms. The van der Waals surface area contributed by atoms with Gasteiger partial charge in [0.2, 0.25) is 0 Å². The Morgan fingerprint density at radius 3 is 2.82 bits per heavy atom. The number of benzene rings is 1. The van der Waals surface area contributed by atoms with Crippen molar-refractivity contribution in [2.24, 2.45) is 0 Å². The lowest BCUT2D eigenvalue weighted by Crippen LogP contribution is -2.09. The van der Waals surface area contributed by atoms with Crippen LogP contribution in [0.2, 0.25) is 0 Å². The topological polar surface area (TPSA) is 26.3 Å². The fourth-order valence-electron chi connectivity index (χ4n) is 1.66. The predicted molar refractivity (Wildman–Crippen MR) is 76.6 cm³/mol. The van der Waals surface area contributed by atoms with Gasteiger partial charge in [-0.1, -0.05) is 44.0 Å². The van der Waals surface area contributed by atoms with Crippen LogP contribution in [-0.4, -0.2) is 17.9 Å². The Morgan fingerprint density at radius 2 is 2.18 bits per heavy atom. The molecule has 0 radical (unpaired) electrons. The van der Waals surface area contributed by atoms with E-state index in [-0.39, 0.29) is 5.97 Å². The maximum Gasteiger partial charge on any atom is 0.310 e. The van der Waals surface area contributed by atoms with Crippen LogP contribution >= 0.6 is 31.9 Å². The highest BCUT2D eigenvalue weighted by Crippen LogP contribution is 2.23. The van der Waals surface area contributed by atoms with Crippen molar-refractivity contribution in [2.75, 3.05) is 11.9 Å². The lowest BCUT2D eigenvalue weighted by atomic mass is 10.0. The molecule has 0 aliphatic heterocycles. The molecule has 0 amide bonds. The van der Waals surface area contributed by atoms with Crippen LogP contribution in [0.25, 0.3) is 0 Å². The van der Waals surface area contributed by atoms with E-state index < -0.39 is 0 Å². The number of carbonyl (C=O) groups excluding carboxylic acids is 1. The molecular weight excluding hydrogens is 348 g/mol. The van der Waals surface area contributed by atoms with Gasteiger partial charge in [0.1, 0.15) is 0 Å². The molecule has 0 fully saturated rings. The van der Waals surface area contributed by atoms with Gasteiger partial charge in [-0.25, -0.2) is 0 Å². The van der Waals surface area contributed by atoms with E-state index in [1.807, 2.05) is 25.1 Å². The molecule has 17 heavy (non-hydrogen) atoms. The average molecular weight is 364 g/mol. The molecule has 0 saturated heterocycles. The van der Waals surface area contributed by atoms with E-state index in [9.17, 15) is 4.79 Å². The van der Waals surface area contributed by atoms with Crippen molar-refractivity contribution in [3.8, 4) is 0 Å². The molecule has 0 aromatic heterocycles. The summed E-state index contributed by atoms with van der Waals surface area (Å²) in [6, 6.07) is 5.96. The molecule has 2 nitrogen and oxygen atoms in total. The Morgan fingerprint density at radius 1 is 1.41 bits per heavy atom. The summed E-state index contributed by atoms with van der Waals surface area (Å²) < 4.78 is 6.05. The highest BCUT2D eigenvalue weighted by molar-refractivity contribution is 9.10. The Kier molecular flexibility index (Phi) is 6.82. The van der Waals surface area contributed by atoms with Crippen LogP contribution in [0, 0.1) is 0 Å². The number of hydrogen-bond donors (Lipinski definition) is 0. The zero-order valence-electron chi connectivity index (χ0n) is 9.84. The average Bonchev–Trinajstić information content (AvgIpc) is 2.28. The molecule has 1 aromatic rings. The van der Waals surface area contributed by atoms with Crippen molar-refractivity contribution < 1.29 is 9.53 Å². The van der Waals surface area contributed by atoms with Gasteiger partial charge in [0.15, 0.2) is 0 Å². The number of rotatable bonds is 6. The second-order valence-corrected chi connectivity index (χ2v) is 5.30. The first kappa shape index (κ1) is 14.7. The molecular formula is C13H16Br2O2. The number of halogens is 2. The van der Waals surface area contributed by atoms with Crippen LogP contribution < -0.4 is 0 Å². The fourth-order valence-corrected chi connectivity index (χ4v) is 2.55. The van der Waals surface area contributed by atoms with Crippen LogP contribution in [0.15, 0.2) is 22.7 Å². The normalized spacial score (nSPS) is 10.3. The molecule has 0 atom stereocenters.